The molecule has 21 heavy (non-hydrogen) atoms. The Labute approximate surface area is 120 Å². The predicted octanol–water partition coefficient (Wildman–Crippen LogP) is 3.17. The van der Waals surface area contributed by atoms with Gasteiger partial charge in [-0.1, -0.05) is 0 Å². The number of nitrogens with one attached hydrogen (secondary N) is 1. The van der Waals surface area contributed by atoms with E-state index in [0.717, 1.165) is 0 Å². The summed E-state index contributed by atoms with van der Waals surface area (Å²) in [6, 6.07) is 0.676. The maximum absolute atomic E-state index is 13.5. The Morgan fingerprint density at radius 2 is 1.67 bits per heavy atom. The highest BCUT2D eigenvalue weighted by Crippen LogP contribution is 2.26. The molecular weight excluding hydrogens is 345 g/mol. The first kappa shape index (κ1) is 17.6. The van der Waals surface area contributed by atoms with Crippen molar-refractivity contribution in [3.63, 3.8) is 0 Å². The standard InChI is InChI=1S/C10H7ClF5NO3S/c11-21(19,20)5-3-6(12)9(7(13)4-5)17-8(18)1-2-10(14,15)16/h3-4H,1-2H2,(H,17,18). The quantitative estimate of drug-likeness (QED) is 0.669. The molecule has 0 bridgehead atoms. The Bertz CT molecular complexity index is 636. The van der Waals surface area contributed by atoms with E-state index in [1.54, 1.807) is 5.32 Å². The molecule has 0 aliphatic rings. The van der Waals surface area contributed by atoms with Crippen LogP contribution in [0.2, 0.25) is 0 Å². The van der Waals surface area contributed by atoms with Crippen LogP contribution in [0.25, 0.3) is 0 Å². The number of anilines is 1. The maximum atomic E-state index is 13.5. The Morgan fingerprint density at radius 3 is 2.05 bits per heavy atom. The Kier molecular flexibility index (Phi) is 5.16. The van der Waals surface area contributed by atoms with E-state index in [4.69, 9.17) is 10.7 Å². The lowest BCUT2D eigenvalue weighted by molar-refractivity contribution is -0.142. The minimum Gasteiger partial charge on any atom is -0.321 e. The molecular formula is C10H7ClF5NO3S. The Balaban J connectivity index is 2.93. The molecule has 4 nitrogen and oxygen atoms in total. The zero-order valence-electron chi connectivity index (χ0n) is 9.97. The van der Waals surface area contributed by atoms with Gasteiger partial charge in [0, 0.05) is 17.1 Å². The van der Waals surface area contributed by atoms with Crippen LogP contribution in [0, 0.1) is 11.6 Å². The molecule has 0 spiro atoms. The van der Waals surface area contributed by atoms with Crippen molar-refractivity contribution in [3.05, 3.63) is 23.8 Å². The highest BCUT2D eigenvalue weighted by atomic mass is 35.7. The van der Waals surface area contributed by atoms with E-state index in [2.05, 4.69) is 0 Å². The molecule has 0 fully saturated rings. The van der Waals surface area contributed by atoms with Crippen molar-refractivity contribution in [2.45, 2.75) is 23.9 Å². The Hall–Kier alpha value is -1.42. The van der Waals surface area contributed by atoms with Crippen molar-refractivity contribution in [3.8, 4) is 0 Å². The molecule has 118 valence electrons. The molecule has 0 saturated carbocycles. The van der Waals surface area contributed by atoms with Gasteiger partial charge >= 0.3 is 6.18 Å². The largest absolute Gasteiger partial charge is 0.389 e. The normalized spacial score (nSPS) is 12.3. The summed E-state index contributed by atoms with van der Waals surface area (Å²) in [7, 11) is 0.495. The molecule has 1 aromatic carbocycles. The lowest BCUT2D eigenvalue weighted by atomic mass is 10.2. The Morgan fingerprint density at radius 1 is 1.19 bits per heavy atom. The fourth-order valence-electron chi connectivity index (χ4n) is 1.27. The summed E-state index contributed by atoms with van der Waals surface area (Å²) < 4.78 is 84.4. The van der Waals surface area contributed by atoms with E-state index in [0.29, 0.717) is 12.1 Å². The van der Waals surface area contributed by atoms with Crippen LogP contribution in [-0.2, 0) is 13.8 Å². The SMILES string of the molecule is O=C(CCC(F)(F)F)Nc1c(F)cc(S(=O)(=O)Cl)cc1F. The van der Waals surface area contributed by atoms with E-state index >= 15 is 0 Å². The summed E-state index contributed by atoms with van der Waals surface area (Å²) in [5, 5.41) is 1.60. The maximum Gasteiger partial charge on any atom is 0.389 e. The molecule has 0 unspecified atom stereocenters. The first-order valence-corrected chi connectivity index (χ1v) is 7.51. The smallest absolute Gasteiger partial charge is 0.321 e. The average Bonchev–Trinajstić information content (AvgIpc) is 2.29. The van der Waals surface area contributed by atoms with Crippen molar-refractivity contribution in [2.75, 3.05) is 5.32 Å². The second-order valence-electron chi connectivity index (χ2n) is 3.86. The fraction of sp³-hybridized carbons (Fsp3) is 0.300. The first-order chi connectivity index (χ1) is 9.40. The third-order valence-corrected chi connectivity index (χ3v) is 3.53. The summed E-state index contributed by atoms with van der Waals surface area (Å²) in [6.07, 6.45) is -7.08. The molecule has 1 amide bonds. The molecule has 1 rings (SSSR count). The van der Waals surface area contributed by atoms with E-state index < -0.39 is 56.2 Å². The highest BCUT2D eigenvalue weighted by molar-refractivity contribution is 8.13. The molecule has 0 heterocycles. The van der Waals surface area contributed by atoms with E-state index in [1.807, 2.05) is 0 Å². The van der Waals surface area contributed by atoms with Crippen LogP contribution >= 0.6 is 10.7 Å². The topological polar surface area (TPSA) is 63.2 Å². The van der Waals surface area contributed by atoms with Gasteiger partial charge in [0.1, 0.15) is 5.69 Å². The first-order valence-electron chi connectivity index (χ1n) is 5.20. The van der Waals surface area contributed by atoms with Gasteiger partial charge in [0.2, 0.25) is 5.91 Å². The van der Waals surface area contributed by atoms with Crippen molar-refractivity contribution in [2.24, 2.45) is 0 Å². The third-order valence-electron chi connectivity index (χ3n) is 2.20. The number of halogens is 6. The zero-order chi connectivity index (χ0) is 16.4. The number of benzene rings is 1. The van der Waals surface area contributed by atoms with Gasteiger partial charge in [-0.15, -0.1) is 0 Å². The van der Waals surface area contributed by atoms with Gasteiger partial charge in [-0.3, -0.25) is 4.79 Å². The molecule has 11 heteroatoms. The second-order valence-corrected chi connectivity index (χ2v) is 6.43. The summed E-state index contributed by atoms with van der Waals surface area (Å²) >= 11 is 0. The van der Waals surface area contributed by atoms with Crippen LogP contribution in [0.3, 0.4) is 0 Å². The van der Waals surface area contributed by atoms with Crippen LogP contribution in [0.1, 0.15) is 12.8 Å². The van der Waals surface area contributed by atoms with Gasteiger partial charge in [0.05, 0.1) is 11.3 Å². The molecule has 0 radical (unpaired) electrons. The van der Waals surface area contributed by atoms with Crippen molar-refractivity contribution < 1.29 is 35.2 Å². The molecule has 0 aliphatic heterocycles. The lowest BCUT2D eigenvalue weighted by Gasteiger charge is -2.10. The van der Waals surface area contributed by atoms with Crippen LogP contribution in [0.15, 0.2) is 17.0 Å². The molecule has 1 aromatic rings. The van der Waals surface area contributed by atoms with Gasteiger partial charge in [0.15, 0.2) is 11.6 Å². The number of carbonyl (C=O) groups is 1. The van der Waals surface area contributed by atoms with Crippen LogP contribution in [0.5, 0.6) is 0 Å². The molecule has 0 aromatic heterocycles. The lowest BCUT2D eigenvalue weighted by Crippen LogP contribution is -2.18. The van der Waals surface area contributed by atoms with Crippen LogP contribution in [-0.4, -0.2) is 20.5 Å². The van der Waals surface area contributed by atoms with Crippen molar-refractivity contribution >= 4 is 31.3 Å². The van der Waals surface area contributed by atoms with E-state index in [9.17, 15) is 35.2 Å². The second kappa shape index (κ2) is 6.14. The number of hydrogen-bond acceptors (Lipinski definition) is 3. The molecule has 1 N–H and O–H groups in total. The number of alkyl halides is 3. The number of amides is 1. The highest BCUT2D eigenvalue weighted by Gasteiger charge is 2.28. The van der Waals surface area contributed by atoms with E-state index in [1.165, 1.54) is 0 Å². The zero-order valence-corrected chi connectivity index (χ0v) is 11.5. The monoisotopic (exact) mass is 351 g/mol. The summed E-state index contributed by atoms with van der Waals surface area (Å²) in [6.45, 7) is 0. The van der Waals surface area contributed by atoms with Gasteiger partial charge in [0.25, 0.3) is 9.05 Å². The third kappa shape index (κ3) is 5.46. The minimum atomic E-state index is -4.59. The van der Waals surface area contributed by atoms with Crippen LogP contribution < -0.4 is 5.32 Å². The predicted molar refractivity (Wildman–Crippen MR) is 63.3 cm³/mol. The van der Waals surface area contributed by atoms with Gasteiger partial charge < -0.3 is 5.32 Å². The van der Waals surface area contributed by atoms with Gasteiger partial charge in [-0.2, -0.15) is 13.2 Å². The van der Waals surface area contributed by atoms with E-state index in [-0.39, 0.29) is 0 Å². The summed E-state index contributed by atoms with van der Waals surface area (Å²) in [4.78, 5) is 10.3. The van der Waals surface area contributed by atoms with Crippen LogP contribution in [0.4, 0.5) is 27.6 Å². The van der Waals surface area contributed by atoms with Gasteiger partial charge in [-0.25, -0.2) is 17.2 Å². The van der Waals surface area contributed by atoms with Crippen molar-refractivity contribution in [1.29, 1.82) is 0 Å². The summed E-state index contributed by atoms with van der Waals surface area (Å²) in [5.41, 5.74) is -1.05. The van der Waals surface area contributed by atoms with Crippen molar-refractivity contribution in [1.82, 2.24) is 0 Å². The number of carbonyl (C=O) groups excluding carboxylic acids is 1. The number of hydrogen-bond donors (Lipinski definition) is 1. The summed E-state index contributed by atoms with van der Waals surface area (Å²) in [5.74, 6) is -4.23. The fourth-order valence-corrected chi connectivity index (χ4v) is 2.02. The van der Waals surface area contributed by atoms with Gasteiger partial charge in [-0.05, 0) is 12.1 Å². The minimum absolute atomic E-state index is 0.338. The molecule has 0 saturated heterocycles. The molecule has 0 atom stereocenters. The number of rotatable bonds is 4. The average molecular weight is 352 g/mol. The molecule has 0 aliphatic carbocycles.